The fourth-order valence-electron chi connectivity index (χ4n) is 1.92. The van der Waals surface area contributed by atoms with E-state index in [0.29, 0.717) is 17.7 Å². The van der Waals surface area contributed by atoms with E-state index in [0.717, 1.165) is 5.69 Å². The molecule has 0 atom stereocenters. The zero-order chi connectivity index (χ0) is 14.5. The van der Waals surface area contributed by atoms with Crippen LogP contribution in [0.25, 0.3) is 0 Å². The topological polar surface area (TPSA) is 61.8 Å². The van der Waals surface area contributed by atoms with Crippen LogP contribution in [0.5, 0.6) is 0 Å². The number of amidine groups is 1. The minimum atomic E-state index is -0.215. The van der Waals surface area contributed by atoms with Gasteiger partial charge in [-0.05, 0) is 30.3 Å². The summed E-state index contributed by atoms with van der Waals surface area (Å²) in [4.78, 5) is 1.93. The van der Waals surface area contributed by atoms with Crippen LogP contribution in [0.3, 0.4) is 0 Å². The fraction of sp³-hybridized carbons (Fsp3) is 0.133. The molecule has 2 aromatic rings. The third-order valence-electron chi connectivity index (χ3n) is 3.08. The van der Waals surface area contributed by atoms with Crippen LogP contribution in [-0.4, -0.2) is 18.1 Å². The fourth-order valence-corrected chi connectivity index (χ4v) is 1.92. The van der Waals surface area contributed by atoms with Gasteiger partial charge in [-0.15, -0.1) is 0 Å². The number of rotatable bonds is 4. The molecule has 104 valence electrons. The number of halogens is 1. The number of nitrogens with zero attached hydrogens (tertiary/aromatic N) is 2. The first kappa shape index (κ1) is 13.9. The molecule has 0 heterocycles. The molecule has 5 heteroatoms. The van der Waals surface area contributed by atoms with Crippen molar-refractivity contribution in [2.75, 3.05) is 11.9 Å². The van der Waals surface area contributed by atoms with Gasteiger partial charge in [0.15, 0.2) is 5.84 Å². The number of hydrogen-bond acceptors (Lipinski definition) is 3. The van der Waals surface area contributed by atoms with Crippen molar-refractivity contribution in [2.45, 2.75) is 6.54 Å². The lowest BCUT2D eigenvalue weighted by molar-refractivity contribution is 0.318. The molecule has 0 aliphatic carbocycles. The molecule has 4 nitrogen and oxygen atoms in total. The summed E-state index contributed by atoms with van der Waals surface area (Å²) in [6.07, 6.45) is 0. The van der Waals surface area contributed by atoms with Crippen molar-refractivity contribution in [2.24, 2.45) is 10.9 Å². The van der Waals surface area contributed by atoms with Gasteiger partial charge in [-0.25, -0.2) is 4.39 Å². The van der Waals surface area contributed by atoms with Crippen molar-refractivity contribution in [3.05, 3.63) is 65.5 Å². The van der Waals surface area contributed by atoms with Crippen molar-refractivity contribution >= 4 is 11.5 Å². The van der Waals surface area contributed by atoms with Gasteiger partial charge in [0.05, 0.1) is 0 Å². The highest BCUT2D eigenvalue weighted by Crippen LogP contribution is 2.17. The Morgan fingerprint density at radius 3 is 2.45 bits per heavy atom. The molecule has 20 heavy (non-hydrogen) atoms. The van der Waals surface area contributed by atoms with E-state index in [1.54, 1.807) is 24.3 Å². The van der Waals surface area contributed by atoms with Gasteiger partial charge in [0.25, 0.3) is 0 Å². The molecule has 0 radical (unpaired) electrons. The lowest BCUT2D eigenvalue weighted by Gasteiger charge is -2.20. The molecule has 0 saturated heterocycles. The molecule has 0 unspecified atom stereocenters. The quantitative estimate of drug-likeness (QED) is 0.389. The smallest absolute Gasteiger partial charge is 0.170 e. The van der Waals surface area contributed by atoms with E-state index >= 15 is 0 Å². The van der Waals surface area contributed by atoms with E-state index in [2.05, 4.69) is 5.16 Å². The van der Waals surface area contributed by atoms with Crippen LogP contribution in [0, 0.1) is 5.82 Å². The molecule has 0 aromatic heterocycles. The molecule has 3 N–H and O–H groups in total. The number of nitrogens with two attached hydrogens (primary N) is 1. The molecule has 0 aliphatic heterocycles. The Morgan fingerprint density at radius 2 is 1.85 bits per heavy atom. The summed E-state index contributed by atoms with van der Waals surface area (Å²) in [5.41, 5.74) is 7.69. The van der Waals surface area contributed by atoms with Crippen LogP contribution in [0.2, 0.25) is 0 Å². The molecular weight excluding hydrogens is 257 g/mol. The second-order valence-corrected chi connectivity index (χ2v) is 4.48. The van der Waals surface area contributed by atoms with E-state index < -0.39 is 0 Å². The van der Waals surface area contributed by atoms with E-state index in [9.17, 15) is 4.39 Å². The minimum Gasteiger partial charge on any atom is -0.409 e. The molecule has 0 bridgehead atoms. The highest BCUT2D eigenvalue weighted by atomic mass is 19.1. The monoisotopic (exact) mass is 273 g/mol. The molecule has 0 spiro atoms. The van der Waals surface area contributed by atoms with Gasteiger partial charge in [0.2, 0.25) is 0 Å². The zero-order valence-electron chi connectivity index (χ0n) is 11.1. The van der Waals surface area contributed by atoms with Crippen molar-refractivity contribution in [1.82, 2.24) is 0 Å². The Balaban J connectivity index is 2.14. The first-order valence-corrected chi connectivity index (χ1v) is 6.14. The summed E-state index contributed by atoms with van der Waals surface area (Å²) < 4.78 is 13.6. The van der Waals surface area contributed by atoms with E-state index in [1.165, 1.54) is 6.07 Å². The van der Waals surface area contributed by atoms with Gasteiger partial charge in [0, 0.05) is 30.4 Å². The maximum atomic E-state index is 13.6. The molecule has 2 aromatic carbocycles. The average molecular weight is 273 g/mol. The van der Waals surface area contributed by atoms with E-state index in [1.807, 2.05) is 30.1 Å². The average Bonchev–Trinajstić information content (AvgIpc) is 2.49. The lowest BCUT2D eigenvalue weighted by atomic mass is 10.1. The van der Waals surface area contributed by atoms with Crippen LogP contribution in [0.15, 0.2) is 53.7 Å². The summed E-state index contributed by atoms with van der Waals surface area (Å²) in [6.45, 7) is 0.468. The number of anilines is 1. The predicted octanol–water partition coefficient (Wildman–Crippen LogP) is 2.56. The van der Waals surface area contributed by atoms with Crippen molar-refractivity contribution in [1.29, 1.82) is 0 Å². The Bertz CT molecular complexity index is 611. The van der Waals surface area contributed by atoms with Crippen LogP contribution in [0.1, 0.15) is 11.1 Å². The molecule has 0 aliphatic rings. The van der Waals surface area contributed by atoms with Gasteiger partial charge in [-0.1, -0.05) is 23.4 Å². The molecule has 0 fully saturated rings. The maximum absolute atomic E-state index is 13.6. The number of benzene rings is 2. The van der Waals surface area contributed by atoms with Gasteiger partial charge >= 0.3 is 0 Å². The Kier molecular flexibility index (Phi) is 4.20. The SMILES string of the molecule is CN(Cc1ccccc1F)c1ccc(C(N)=NO)cc1. The van der Waals surface area contributed by atoms with Crippen LogP contribution < -0.4 is 10.6 Å². The van der Waals surface area contributed by atoms with Gasteiger partial charge in [-0.3, -0.25) is 0 Å². The van der Waals surface area contributed by atoms with Gasteiger partial charge in [-0.2, -0.15) is 0 Å². The first-order valence-electron chi connectivity index (χ1n) is 6.14. The Labute approximate surface area is 116 Å². The van der Waals surface area contributed by atoms with Crippen molar-refractivity contribution < 1.29 is 9.60 Å². The summed E-state index contributed by atoms with van der Waals surface area (Å²) in [7, 11) is 1.88. The molecular formula is C15H16FN3O. The lowest BCUT2D eigenvalue weighted by Crippen LogP contribution is -2.18. The third kappa shape index (κ3) is 3.06. The largest absolute Gasteiger partial charge is 0.409 e. The van der Waals surface area contributed by atoms with E-state index in [4.69, 9.17) is 10.9 Å². The zero-order valence-corrected chi connectivity index (χ0v) is 11.1. The summed E-state index contributed by atoms with van der Waals surface area (Å²) >= 11 is 0. The maximum Gasteiger partial charge on any atom is 0.170 e. The summed E-state index contributed by atoms with van der Waals surface area (Å²) in [5, 5.41) is 11.5. The highest BCUT2D eigenvalue weighted by Gasteiger charge is 2.06. The van der Waals surface area contributed by atoms with Crippen LogP contribution in [-0.2, 0) is 6.54 Å². The second-order valence-electron chi connectivity index (χ2n) is 4.48. The first-order chi connectivity index (χ1) is 9.61. The predicted molar refractivity (Wildman–Crippen MR) is 77.5 cm³/mol. The van der Waals surface area contributed by atoms with Crippen molar-refractivity contribution in [3.8, 4) is 0 Å². The van der Waals surface area contributed by atoms with Gasteiger partial charge < -0.3 is 15.8 Å². The van der Waals surface area contributed by atoms with Gasteiger partial charge in [0.1, 0.15) is 5.82 Å². The van der Waals surface area contributed by atoms with Crippen LogP contribution in [0.4, 0.5) is 10.1 Å². The molecule has 2 rings (SSSR count). The van der Waals surface area contributed by atoms with Crippen molar-refractivity contribution in [3.63, 3.8) is 0 Å². The molecule has 0 saturated carbocycles. The minimum absolute atomic E-state index is 0.0632. The standard InChI is InChI=1S/C15H16FN3O/c1-19(10-12-4-2-3-5-14(12)16)13-8-6-11(7-9-13)15(17)18-20/h2-9,20H,10H2,1H3,(H2,17,18). The Hall–Kier alpha value is -2.56. The Morgan fingerprint density at radius 1 is 1.20 bits per heavy atom. The normalized spacial score (nSPS) is 11.4. The second kappa shape index (κ2) is 6.06. The summed E-state index contributed by atoms with van der Waals surface area (Å²) in [6, 6.07) is 13.9. The van der Waals surface area contributed by atoms with Crippen LogP contribution >= 0.6 is 0 Å². The number of hydrogen-bond donors (Lipinski definition) is 2. The van der Waals surface area contributed by atoms with E-state index in [-0.39, 0.29) is 11.7 Å². The third-order valence-corrected chi connectivity index (χ3v) is 3.08. The summed E-state index contributed by atoms with van der Waals surface area (Å²) in [5.74, 6) is -0.152. The highest BCUT2D eigenvalue weighted by molar-refractivity contribution is 5.97. The molecule has 0 amide bonds. The number of oxime groups is 1.